The van der Waals surface area contributed by atoms with Gasteiger partial charge in [0.15, 0.2) is 0 Å². The predicted octanol–water partition coefficient (Wildman–Crippen LogP) is -0.206. The monoisotopic (exact) mass is 257 g/mol. The molecule has 6 nitrogen and oxygen atoms in total. The number of hydrogen-bond donors (Lipinski definition) is 4. The molecule has 98 valence electrons. The highest BCUT2D eigenvalue weighted by atomic mass is 19.1. The molecule has 0 aromatic heterocycles. The van der Waals surface area contributed by atoms with Gasteiger partial charge in [0.2, 0.25) is 5.91 Å². The molecule has 2 atom stereocenters. The molecule has 0 saturated carbocycles. The van der Waals surface area contributed by atoms with Gasteiger partial charge in [-0.1, -0.05) is 0 Å². The van der Waals surface area contributed by atoms with Gasteiger partial charge >= 0.3 is 5.97 Å². The van der Waals surface area contributed by atoms with Crippen LogP contribution in [0.2, 0.25) is 0 Å². The van der Waals surface area contributed by atoms with Gasteiger partial charge in [-0.3, -0.25) is 9.59 Å². The molecular formula is C11H12FNO5. The second-order valence-corrected chi connectivity index (χ2v) is 3.71. The van der Waals surface area contributed by atoms with Crippen molar-refractivity contribution in [1.82, 2.24) is 0 Å². The predicted molar refractivity (Wildman–Crippen MR) is 58.1 cm³/mol. The zero-order valence-corrected chi connectivity index (χ0v) is 9.21. The van der Waals surface area contributed by atoms with Crippen molar-refractivity contribution in [2.24, 2.45) is 5.73 Å². The Labute approximate surface area is 101 Å². The molecule has 0 fully saturated rings. The summed E-state index contributed by atoms with van der Waals surface area (Å²) in [5.74, 6) is -2.98. The maximum Gasteiger partial charge on any atom is 0.306 e. The van der Waals surface area contributed by atoms with Crippen LogP contribution in [-0.2, 0) is 4.79 Å². The van der Waals surface area contributed by atoms with Crippen LogP contribution in [0.3, 0.4) is 0 Å². The third-order valence-electron chi connectivity index (χ3n) is 2.35. The number of aliphatic carboxylic acids is 1. The highest BCUT2D eigenvalue weighted by Gasteiger charge is 2.25. The Kier molecular flexibility index (Phi) is 4.35. The quantitative estimate of drug-likeness (QED) is 0.581. The topological polar surface area (TPSA) is 121 Å². The minimum Gasteiger partial charge on any atom is -0.481 e. The van der Waals surface area contributed by atoms with E-state index in [1.807, 2.05) is 0 Å². The first-order valence-electron chi connectivity index (χ1n) is 5.00. The number of amides is 1. The molecule has 2 unspecified atom stereocenters. The standard InChI is InChI=1S/C11H12FNO5/c12-5-1-2-6(11(13)18)7(3-5)10(17)8(14)4-9(15)16/h1-3,8,10,14,17H,4H2,(H2,13,18)(H,15,16). The highest BCUT2D eigenvalue weighted by molar-refractivity contribution is 5.94. The van der Waals surface area contributed by atoms with Gasteiger partial charge in [0, 0.05) is 5.56 Å². The van der Waals surface area contributed by atoms with E-state index in [1.165, 1.54) is 0 Å². The van der Waals surface area contributed by atoms with E-state index >= 15 is 0 Å². The molecule has 0 heterocycles. The summed E-state index contributed by atoms with van der Waals surface area (Å²) in [5, 5.41) is 27.6. The summed E-state index contributed by atoms with van der Waals surface area (Å²) in [7, 11) is 0. The Hall–Kier alpha value is -1.99. The lowest BCUT2D eigenvalue weighted by Crippen LogP contribution is -2.25. The summed E-state index contributed by atoms with van der Waals surface area (Å²) in [6.07, 6.45) is -4.11. The number of aliphatic hydroxyl groups is 2. The molecule has 0 aliphatic heterocycles. The lowest BCUT2D eigenvalue weighted by atomic mass is 9.96. The number of carboxylic acid groups (broad SMARTS) is 1. The molecule has 1 rings (SSSR count). The Morgan fingerprint density at radius 1 is 1.33 bits per heavy atom. The first kappa shape index (κ1) is 14.1. The largest absolute Gasteiger partial charge is 0.481 e. The molecule has 0 aliphatic rings. The molecule has 0 spiro atoms. The summed E-state index contributed by atoms with van der Waals surface area (Å²) in [4.78, 5) is 21.5. The van der Waals surface area contributed by atoms with Crippen molar-refractivity contribution in [2.45, 2.75) is 18.6 Å². The summed E-state index contributed by atoms with van der Waals surface area (Å²) < 4.78 is 13.0. The number of carboxylic acids is 1. The number of halogens is 1. The molecule has 5 N–H and O–H groups in total. The number of aliphatic hydroxyl groups excluding tert-OH is 2. The SMILES string of the molecule is NC(=O)c1ccc(F)cc1C(O)C(O)CC(=O)O. The van der Waals surface area contributed by atoms with Crippen LogP contribution in [0.5, 0.6) is 0 Å². The van der Waals surface area contributed by atoms with Gasteiger partial charge in [-0.25, -0.2) is 4.39 Å². The van der Waals surface area contributed by atoms with Gasteiger partial charge in [0.1, 0.15) is 11.9 Å². The molecule has 7 heteroatoms. The maximum absolute atomic E-state index is 13.0. The number of benzene rings is 1. The van der Waals surface area contributed by atoms with Crippen molar-refractivity contribution in [3.8, 4) is 0 Å². The molecule has 1 aromatic carbocycles. The summed E-state index contributed by atoms with van der Waals surface area (Å²) >= 11 is 0. The van der Waals surface area contributed by atoms with Gasteiger partial charge in [-0.05, 0) is 23.8 Å². The second kappa shape index (κ2) is 5.56. The third-order valence-corrected chi connectivity index (χ3v) is 2.35. The van der Waals surface area contributed by atoms with Crippen molar-refractivity contribution >= 4 is 11.9 Å². The van der Waals surface area contributed by atoms with Crippen LogP contribution in [0.25, 0.3) is 0 Å². The lowest BCUT2D eigenvalue weighted by molar-refractivity contribution is -0.141. The van der Waals surface area contributed by atoms with Gasteiger partial charge in [0.05, 0.1) is 12.5 Å². The zero-order valence-electron chi connectivity index (χ0n) is 9.21. The molecular weight excluding hydrogens is 245 g/mol. The number of carbonyl (C=O) groups is 2. The second-order valence-electron chi connectivity index (χ2n) is 3.71. The number of rotatable bonds is 5. The summed E-state index contributed by atoms with van der Waals surface area (Å²) in [6.45, 7) is 0. The fourth-order valence-corrected chi connectivity index (χ4v) is 1.50. The van der Waals surface area contributed by atoms with E-state index in [0.29, 0.717) is 0 Å². The first-order valence-corrected chi connectivity index (χ1v) is 5.00. The first-order chi connectivity index (χ1) is 8.32. The molecule has 0 aliphatic carbocycles. The van der Waals surface area contributed by atoms with Crippen molar-refractivity contribution < 1.29 is 29.3 Å². The fraction of sp³-hybridized carbons (Fsp3) is 0.273. The number of hydrogen-bond acceptors (Lipinski definition) is 4. The van der Waals surface area contributed by atoms with Crippen LogP contribution in [0, 0.1) is 5.82 Å². The van der Waals surface area contributed by atoms with E-state index in [4.69, 9.17) is 10.8 Å². The number of primary amides is 1. The van der Waals surface area contributed by atoms with Crippen LogP contribution in [0.1, 0.15) is 28.4 Å². The van der Waals surface area contributed by atoms with E-state index in [0.717, 1.165) is 18.2 Å². The molecule has 0 saturated heterocycles. The molecule has 0 bridgehead atoms. The molecule has 0 radical (unpaired) electrons. The highest BCUT2D eigenvalue weighted by Crippen LogP contribution is 2.23. The number of carbonyl (C=O) groups excluding carboxylic acids is 1. The van der Waals surface area contributed by atoms with E-state index < -0.39 is 36.3 Å². The van der Waals surface area contributed by atoms with Crippen LogP contribution >= 0.6 is 0 Å². The van der Waals surface area contributed by atoms with Crippen LogP contribution in [-0.4, -0.2) is 33.3 Å². The van der Waals surface area contributed by atoms with E-state index in [9.17, 15) is 24.2 Å². The molecule has 1 amide bonds. The molecule has 18 heavy (non-hydrogen) atoms. The van der Waals surface area contributed by atoms with E-state index in [1.54, 1.807) is 0 Å². The Bertz CT molecular complexity index is 477. The minimum absolute atomic E-state index is 0.173. The summed E-state index contributed by atoms with van der Waals surface area (Å²) in [5.41, 5.74) is 4.62. The van der Waals surface area contributed by atoms with Gasteiger partial charge in [-0.2, -0.15) is 0 Å². The van der Waals surface area contributed by atoms with E-state index in [2.05, 4.69) is 0 Å². The van der Waals surface area contributed by atoms with Crippen molar-refractivity contribution in [2.75, 3.05) is 0 Å². The van der Waals surface area contributed by atoms with Crippen molar-refractivity contribution in [1.29, 1.82) is 0 Å². The summed E-state index contributed by atoms with van der Waals surface area (Å²) in [6, 6.07) is 2.86. The van der Waals surface area contributed by atoms with Crippen molar-refractivity contribution in [3.63, 3.8) is 0 Å². The Balaban J connectivity index is 3.10. The van der Waals surface area contributed by atoms with Gasteiger partial charge < -0.3 is 21.1 Å². The van der Waals surface area contributed by atoms with E-state index in [-0.39, 0.29) is 11.1 Å². The maximum atomic E-state index is 13.0. The normalized spacial score (nSPS) is 13.9. The fourth-order valence-electron chi connectivity index (χ4n) is 1.50. The zero-order chi connectivity index (χ0) is 13.9. The van der Waals surface area contributed by atoms with Gasteiger partial charge in [-0.15, -0.1) is 0 Å². The molecule has 1 aromatic rings. The van der Waals surface area contributed by atoms with Crippen LogP contribution in [0.15, 0.2) is 18.2 Å². The average molecular weight is 257 g/mol. The van der Waals surface area contributed by atoms with Crippen LogP contribution < -0.4 is 5.73 Å². The minimum atomic E-state index is -1.71. The Morgan fingerprint density at radius 2 is 1.94 bits per heavy atom. The van der Waals surface area contributed by atoms with Crippen molar-refractivity contribution in [3.05, 3.63) is 35.1 Å². The smallest absolute Gasteiger partial charge is 0.306 e. The Morgan fingerprint density at radius 3 is 2.44 bits per heavy atom. The van der Waals surface area contributed by atoms with Crippen LogP contribution in [0.4, 0.5) is 4.39 Å². The van der Waals surface area contributed by atoms with Gasteiger partial charge in [0.25, 0.3) is 0 Å². The third kappa shape index (κ3) is 3.25. The average Bonchev–Trinajstić information content (AvgIpc) is 2.26. The lowest BCUT2D eigenvalue weighted by Gasteiger charge is -2.18. The number of nitrogens with two attached hydrogens (primary N) is 1.